The molecule has 1 aliphatic heterocycles. The van der Waals surface area contributed by atoms with Gasteiger partial charge in [-0.3, -0.25) is 0 Å². The Morgan fingerprint density at radius 1 is 1.35 bits per heavy atom. The van der Waals surface area contributed by atoms with Gasteiger partial charge in [0, 0.05) is 12.5 Å². The number of aromatic nitrogens is 1. The van der Waals surface area contributed by atoms with E-state index in [1.165, 1.54) is 16.8 Å². The van der Waals surface area contributed by atoms with Crippen molar-refractivity contribution in [2.75, 3.05) is 6.61 Å². The molecule has 0 saturated carbocycles. The molecule has 0 radical (unpaired) electrons. The zero-order valence-electron chi connectivity index (χ0n) is 10.8. The summed E-state index contributed by atoms with van der Waals surface area (Å²) in [6, 6.07) is 3.01. The molecule has 0 unspecified atom stereocenters. The maximum Gasteiger partial charge on any atom is 0.341 e. The lowest BCUT2D eigenvalue weighted by Gasteiger charge is -2.16. The number of carboxylic acid groups (broad SMARTS) is 1. The number of carboxylic acids is 1. The van der Waals surface area contributed by atoms with Crippen LogP contribution in [0.4, 0.5) is 0 Å². The minimum Gasteiger partial charge on any atom is -0.477 e. The molecule has 20 heavy (non-hydrogen) atoms. The fourth-order valence-corrected chi connectivity index (χ4v) is 2.23. The van der Waals surface area contributed by atoms with Crippen molar-refractivity contribution in [3.63, 3.8) is 0 Å². The molecule has 7 heteroatoms. The van der Waals surface area contributed by atoms with Gasteiger partial charge in [0.1, 0.15) is 5.56 Å². The Labute approximate surface area is 115 Å². The molecule has 0 amide bonds. The Kier molecular flexibility index (Phi) is 4.66. The summed E-state index contributed by atoms with van der Waals surface area (Å²) in [5.74, 6) is -1.06. The molecule has 1 fully saturated rings. The SMILES string of the molecule is O=C(O)c1ccc[n+]([C@H]2C[C@@H](O)[C@@H](O)C[C@@H](CO)O2)c1. The van der Waals surface area contributed by atoms with Crippen LogP contribution in [0.5, 0.6) is 0 Å². The van der Waals surface area contributed by atoms with E-state index in [9.17, 15) is 20.1 Å². The van der Waals surface area contributed by atoms with Crippen LogP contribution in [0.2, 0.25) is 0 Å². The Balaban J connectivity index is 2.25. The van der Waals surface area contributed by atoms with Crippen molar-refractivity contribution < 1.29 is 34.5 Å². The Morgan fingerprint density at radius 2 is 2.05 bits per heavy atom. The summed E-state index contributed by atoms with van der Waals surface area (Å²) in [6.45, 7) is -0.278. The second-order valence-electron chi connectivity index (χ2n) is 4.85. The van der Waals surface area contributed by atoms with Crippen molar-refractivity contribution in [3.8, 4) is 0 Å². The summed E-state index contributed by atoms with van der Waals surface area (Å²) in [5, 5.41) is 37.7. The van der Waals surface area contributed by atoms with Gasteiger partial charge in [-0.15, -0.1) is 0 Å². The monoisotopic (exact) mass is 284 g/mol. The molecule has 7 nitrogen and oxygen atoms in total. The average Bonchev–Trinajstić information content (AvgIpc) is 2.58. The van der Waals surface area contributed by atoms with E-state index in [0.717, 1.165) is 0 Å². The van der Waals surface area contributed by atoms with Crippen molar-refractivity contribution in [2.45, 2.75) is 37.4 Å². The molecule has 0 aromatic carbocycles. The van der Waals surface area contributed by atoms with E-state index in [0.29, 0.717) is 0 Å². The van der Waals surface area contributed by atoms with Gasteiger partial charge in [0.25, 0.3) is 6.23 Å². The van der Waals surface area contributed by atoms with Crippen molar-refractivity contribution >= 4 is 5.97 Å². The van der Waals surface area contributed by atoms with E-state index in [1.54, 1.807) is 12.3 Å². The van der Waals surface area contributed by atoms with Gasteiger partial charge in [0.05, 0.1) is 31.3 Å². The third kappa shape index (κ3) is 3.31. The predicted octanol–water partition coefficient (Wildman–Crippen LogP) is -0.936. The molecule has 1 aromatic heterocycles. The molecule has 0 bridgehead atoms. The van der Waals surface area contributed by atoms with Gasteiger partial charge in [-0.05, 0) is 6.07 Å². The van der Waals surface area contributed by atoms with Gasteiger partial charge in [0.15, 0.2) is 12.4 Å². The van der Waals surface area contributed by atoms with Crippen LogP contribution in [-0.4, -0.2) is 51.3 Å². The zero-order chi connectivity index (χ0) is 14.7. The highest BCUT2D eigenvalue weighted by Gasteiger charge is 2.35. The van der Waals surface area contributed by atoms with Gasteiger partial charge in [-0.1, -0.05) is 0 Å². The van der Waals surface area contributed by atoms with E-state index >= 15 is 0 Å². The molecular weight excluding hydrogens is 266 g/mol. The summed E-state index contributed by atoms with van der Waals surface area (Å²) in [4.78, 5) is 11.0. The number of aliphatic hydroxyl groups excluding tert-OH is 3. The molecule has 2 rings (SSSR count). The summed E-state index contributed by atoms with van der Waals surface area (Å²) in [5.41, 5.74) is 0.0935. The van der Waals surface area contributed by atoms with Crippen LogP contribution in [0.25, 0.3) is 0 Å². The van der Waals surface area contributed by atoms with Crippen molar-refractivity contribution in [1.82, 2.24) is 0 Å². The van der Waals surface area contributed by atoms with E-state index < -0.39 is 30.5 Å². The van der Waals surface area contributed by atoms with Gasteiger partial charge in [-0.2, -0.15) is 4.57 Å². The topological polar surface area (TPSA) is 111 Å². The maximum absolute atomic E-state index is 11.0. The first-order chi connectivity index (χ1) is 9.51. The van der Waals surface area contributed by atoms with Crippen LogP contribution in [-0.2, 0) is 4.74 Å². The largest absolute Gasteiger partial charge is 0.477 e. The molecule has 110 valence electrons. The summed E-state index contributed by atoms with van der Waals surface area (Å²) < 4.78 is 7.14. The van der Waals surface area contributed by atoms with Crippen molar-refractivity contribution in [3.05, 3.63) is 30.1 Å². The molecule has 1 aliphatic rings. The molecule has 1 aromatic rings. The second-order valence-corrected chi connectivity index (χ2v) is 4.85. The number of hydrogen-bond acceptors (Lipinski definition) is 5. The number of rotatable bonds is 3. The first kappa shape index (κ1) is 14.9. The minimum atomic E-state index is -1.06. The number of aliphatic hydroxyl groups is 3. The molecule has 0 spiro atoms. The van der Waals surface area contributed by atoms with Crippen LogP contribution in [0.15, 0.2) is 24.5 Å². The highest BCUT2D eigenvalue weighted by molar-refractivity contribution is 5.86. The number of carbonyl (C=O) groups is 1. The fourth-order valence-electron chi connectivity index (χ4n) is 2.23. The van der Waals surface area contributed by atoms with E-state index in [-0.39, 0.29) is 25.0 Å². The molecular formula is C13H18NO6+. The summed E-state index contributed by atoms with van der Waals surface area (Å²) in [6.07, 6.45) is 0.0605. The van der Waals surface area contributed by atoms with Crippen LogP contribution in [0, 0.1) is 0 Å². The van der Waals surface area contributed by atoms with Crippen molar-refractivity contribution in [1.29, 1.82) is 0 Å². The zero-order valence-corrected chi connectivity index (χ0v) is 10.8. The van der Waals surface area contributed by atoms with Gasteiger partial charge in [0.2, 0.25) is 0 Å². The van der Waals surface area contributed by atoms with Crippen LogP contribution in [0.1, 0.15) is 29.4 Å². The predicted molar refractivity (Wildman–Crippen MR) is 65.8 cm³/mol. The molecule has 1 saturated heterocycles. The quantitative estimate of drug-likeness (QED) is 0.533. The average molecular weight is 284 g/mol. The van der Waals surface area contributed by atoms with Crippen LogP contribution >= 0.6 is 0 Å². The standard InChI is InChI=1S/C13H17NO6/c15-7-9-4-10(16)11(17)5-12(20-9)14-3-1-2-8(6-14)13(18)19/h1-3,6,9-12,15-17H,4-5,7H2/p+1/t9-,10-,11+,12+/m0/s1. The lowest BCUT2D eigenvalue weighted by molar-refractivity contribution is -0.765. The third-order valence-corrected chi connectivity index (χ3v) is 3.35. The first-order valence-electron chi connectivity index (χ1n) is 6.37. The minimum absolute atomic E-state index is 0.0935. The van der Waals surface area contributed by atoms with Gasteiger partial charge < -0.3 is 25.2 Å². The van der Waals surface area contributed by atoms with E-state index in [1.807, 2.05) is 0 Å². The number of nitrogens with zero attached hydrogens (tertiary/aromatic N) is 1. The van der Waals surface area contributed by atoms with E-state index in [2.05, 4.69) is 0 Å². The maximum atomic E-state index is 11.0. The van der Waals surface area contributed by atoms with Crippen LogP contribution in [0.3, 0.4) is 0 Å². The molecule has 2 heterocycles. The van der Waals surface area contributed by atoms with Gasteiger partial charge in [-0.25, -0.2) is 4.79 Å². The third-order valence-electron chi connectivity index (χ3n) is 3.35. The number of aromatic carboxylic acids is 1. The Bertz CT molecular complexity index is 480. The summed E-state index contributed by atoms with van der Waals surface area (Å²) >= 11 is 0. The summed E-state index contributed by atoms with van der Waals surface area (Å²) in [7, 11) is 0. The Hall–Kier alpha value is -1.54. The number of hydrogen-bond donors (Lipinski definition) is 4. The molecule has 4 N–H and O–H groups in total. The molecule has 0 aliphatic carbocycles. The smallest absolute Gasteiger partial charge is 0.341 e. The lowest BCUT2D eigenvalue weighted by atomic mass is 10.1. The highest BCUT2D eigenvalue weighted by atomic mass is 16.5. The van der Waals surface area contributed by atoms with E-state index in [4.69, 9.17) is 9.84 Å². The molecule has 4 atom stereocenters. The lowest BCUT2D eigenvalue weighted by Crippen LogP contribution is -2.43. The first-order valence-corrected chi connectivity index (χ1v) is 6.37. The van der Waals surface area contributed by atoms with Gasteiger partial charge >= 0.3 is 5.97 Å². The number of pyridine rings is 1. The second kappa shape index (κ2) is 6.27. The number of ether oxygens (including phenoxy) is 1. The fraction of sp³-hybridized carbons (Fsp3) is 0.538. The Morgan fingerprint density at radius 3 is 2.70 bits per heavy atom. The van der Waals surface area contributed by atoms with Crippen LogP contribution < -0.4 is 4.57 Å². The van der Waals surface area contributed by atoms with Crippen molar-refractivity contribution in [2.24, 2.45) is 0 Å². The highest BCUT2D eigenvalue weighted by Crippen LogP contribution is 2.23. The normalized spacial score (nSPS) is 30.8.